The highest BCUT2D eigenvalue weighted by Crippen LogP contribution is 2.30. The molecule has 2 aliphatic rings. The number of likely N-dealkylation sites (tertiary alicyclic amines) is 1. The molecule has 0 aromatic carbocycles. The van der Waals surface area contributed by atoms with E-state index in [1.807, 2.05) is 19.3 Å². The number of dihydropyridines is 1. The minimum absolute atomic E-state index is 0.0117. The van der Waals surface area contributed by atoms with Gasteiger partial charge < -0.3 is 21.1 Å². The highest BCUT2D eigenvalue weighted by atomic mass is 32.1. The van der Waals surface area contributed by atoms with Crippen molar-refractivity contribution in [2.45, 2.75) is 51.7 Å². The van der Waals surface area contributed by atoms with Crippen LogP contribution in [-0.2, 0) is 11.3 Å². The summed E-state index contributed by atoms with van der Waals surface area (Å²) in [5.41, 5.74) is 2.60. The number of hydrogen-bond donors (Lipinski definition) is 4. The lowest BCUT2D eigenvalue weighted by Crippen LogP contribution is -2.43. The van der Waals surface area contributed by atoms with E-state index in [0.717, 1.165) is 23.5 Å². The number of fused-ring (bicyclic) bond motifs is 1. The molecule has 5 heterocycles. The fraction of sp³-hybridized carbons (Fsp3) is 0.462. The van der Waals surface area contributed by atoms with Gasteiger partial charge in [-0.1, -0.05) is 0 Å². The van der Waals surface area contributed by atoms with E-state index < -0.39 is 0 Å². The van der Waals surface area contributed by atoms with Crippen LogP contribution in [0.1, 0.15) is 44.0 Å². The standard InChI is InChI=1S/C26H34N8O3S/c1-17-21(11-18(12-28-17)23(36)27-6-8-32-7-4-5-26(32,2)3)31-24(37)20-14-30-34-16-22(38-25(20)34)19-13-29-33(15-19)9-10-35/h11-17,28,35H,4-10H2,1-3H3,(H,27,36)(H,31,37). The normalized spacial score (nSPS) is 19.2. The minimum Gasteiger partial charge on any atom is -0.394 e. The summed E-state index contributed by atoms with van der Waals surface area (Å²) in [5, 5.41) is 26.9. The Kier molecular flexibility index (Phi) is 7.37. The number of aliphatic hydroxyl groups is 1. The molecule has 0 radical (unpaired) electrons. The van der Waals surface area contributed by atoms with Gasteiger partial charge >= 0.3 is 0 Å². The Morgan fingerprint density at radius 2 is 2.05 bits per heavy atom. The Hall–Kier alpha value is -3.48. The van der Waals surface area contributed by atoms with E-state index in [4.69, 9.17) is 5.11 Å². The molecule has 0 spiro atoms. The first-order valence-electron chi connectivity index (χ1n) is 12.9. The smallest absolute Gasteiger partial charge is 0.260 e. The topological polar surface area (TPSA) is 129 Å². The summed E-state index contributed by atoms with van der Waals surface area (Å²) in [6, 6.07) is -0.164. The van der Waals surface area contributed by atoms with Crippen LogP contribution in [0.3, 0.4) is 0 Å². The van der Waals surface area contributed by atoms with E-state index in [-0.39, 0.29) is 30.0 Å². The number of nitrogens with zero attached hydrogens (tertiary/aromatic N) is 5. The van der Waals surface area contributed by atoms with Crippen molar-refractivity contribution >= 4 is 28.0 Å². The molecule has 3 aromatic heterocycles. The molecule has 0 bridgehead atoms. The Bertz CT molecular complexity index is 1400. The Labute approximate surface area is 225 Å². The van der Waals surface area contributed by atoms with Crippen LogP contribution in [0, 0.1) is 0 Å². The molecule has 0 aliphatic carbocycles. The number of aromatic nitrogens is 4. The van der Waals surface area contributed by atoms with Gasteiger partial charge in [0.15, 0.2) is 0 Å². The molecule has 11 nitrogen and oxygen atoms in total. The average Bonchev–Trinajstić information content (AvgIpc) is 3.65. The number of carbonyl (C=O) groups excluding carboxylic acids is 2. The summed E-state index contributed by atoms with van der Waals surface area (Å²) in [6.45, 7) is 9.28. The SMILES string of the molecule is CC1NC=C(C(=O)NCCN2CCCC2(C)C)C=C1NC(=O)c1cnn2cc(-c3cnn(CCO)c3)sc12. The first-order chi connectivity index (χ1) is 18.2. The van der Waals surface area contributed by atoms with Crippen molar-refractivity contribution in [3.8, 4) is 10.4 Å². The highest BCUT2D eigenvalue weighted by Gasteiger charge is 2.31. The summed E-state index contributed by atoms with van der Waals surface area (Å²) in [5.74, 6) is -0.465. The third kappa shape index (κ3) is 5.38. The highest BCUT2D eigenvalue weighted by molar-refractivity contribution is 7.21. The number of aliphatic hydroxyl groups excluding tert-OH is 1. The van der Waals surface area contributed by atoms with Crippen molar-refractivity contribution in [1.82, 2.24) is 40.2 Å². The zero-order valence-corrected chi connectivity index (χ0v) is 22.7. The zero-order valence-electron chi connectivity index (χ0n) is 21.9. The summed E-state index contributed by atoms with van der Waals surface area (Å²) in [7, 11) is 0. The van der Waals surface area contributed by atoms with E-state index in [2.05, 4.69) is 44.9 Å². The summed E-state index contributed by atoms with van der Waals surface area (Å²) in [4.78, 5) is 30.1. The first-order valence-corrected chi connectivity index (χ1v) is 13.7. The van der Waals surface area contributed by atoms with Gasteiger partial charge in [0.1, 0.15) is 4.83 Å². The van der Waals surface area contributed by atoms with Crippen LogP contribution >= 0.6 is 11.3 Å². The van der Waals surface area contributed by atoms with Crippen molar-refractivity contribution in [1.29, 1.82) is 0 Å². The van der Waals surface area contributed by atoms with E-state index >= 15 is 0 Å². The molecule has 0 saturated carbocycles. The largest absolute Gasteiger partial charge is 0.394 e. The monoisotopic (exact) mass is 538 g/mol. The Balaban J connectivity index is 1.24. The third-order valence-electron chi connectivity index (χ3n) is 7.21. The lowest BCUT2D eigenvalue weighted by molar-refractivity contribution is -0.117. The quantitative estimate of drug-likeness (QED) is 0.327. The first kappa shape index (κ1) is 26.1. The number of thiazole rings is 1. The fourth-order valence-corrected chi connectivity index (χ4v) is 5.92. The molecule has 2 amide bonds. The van der Waals surface area contributed by atoms with Gasteiger partial charge in [0.2, 0.25) is 0 Å². The molecular formula is C26H34N8O3S. The van der Waals surface area contributed by atoms with Gasteiger partial charge in [-0.2, -0.15) is 10.2 Å². The summed E-state index contributed by atoms with van der Waals surface area (Å²) >= 11 is 1.44. The molecule has 1 fully saturated rings. The van der Waals surface area contributed by atoms with E-state index in [9.17, 15) is 9.59 Å². The van der Waals surface area contributed by atoms with Crippen LogP contribution in [0.25, 0.3) is 15.3 Å². The van der Waals surface area contributed by atoms with Gasteiger partial charge in [0, 0.05) is 48.5 Å². The lowest BCUT2D eigenvalue weighted by atomic mass is 10.0. The maximum Gasteiger partial charge on any atom is 0.260 e. The third-order valence-corrected chi connectivity index (χ3v) is 8.38. The lowest BCUT2D eigenvalue weighted by Gasteiger charge is -2.31. The molecule has 5 rings (SSSR count). The van der Waals surface area contributed by atoms with Crippen LogP contribution in [0.5, 0.6) is 0 Å². The molecule has 3 aromatic rings. The maximum absolute atomic E-state index is 13.2. The second-order valence-corrected chi connectivity index (χ2v) is 11.4. The van der Waals surface area contributed by atoms with Gasteiger partial charge in [-0.15, -0.1) is 11.3 Å². The van der Waals surface area contributed by atoms with Crippen LogP contribution in [0.4, 0.5) is 0 Å². The second-order valence-electron chi connectivity index (χ2n) is 10.3. The minimum atomic E-state index is -0.290. The molecule has 38 heavy (non-hydrogen) atoms. The van der Waals surface area contributed by atoms with E-state index in [0.29, 0.717) is 34.8 Å². The number of amides is 2. The molecule has 1 atom stereocenters. The molecule has 1 unspecified atom stereocenters. The van der Waals surface area contributed by atoms with Crippen molar-refractivity contribution in [3.05, 3.63) is 53.9 Å². The predicted molar refractivity (Wildman–Crippen MR) is 146 cm³/mol. The van der Waals surface area contributed by atoms with Gasteiger partial charge in [0.05, 0.1) is 47.6 Å². The average molecular weight is 539 g/mol. The van der Waals surface area contributed by atoms with Gasteiger partial charge in [-0.25, -0.2) is 4.52 Å². The van der Waals surface area contributed by atoms with Gasteiger partial charge in [0.25, 0.3) is 11.8 Å². The van der Waals surface area contributed by atoms with Crippen molar-refractivity contribution in [2.75, 3.05) is 26.2 Å². The van der Waals surface area contributed by atoms with Crippen molar-refractivity contribution < 1.29 is 14.7 Å². The van der Waals surface area contributed by atoms with Crippen LogP contribution < -0.4 is 16.0 Å². The molecule has 12 heteroatoms. The number of rotatable bonds is 9. The second kappa shape index (κ2) is 10.7. The molecule has 4 N–H and O–H groups in total. The zero-order chi connectivity index (χ0) is 26.9. The number of hydrogen-bond acceptors (Lipinski definition) is 8. The predicted octanol–water partition coefficient (Wildman–Crippen LogP) is 1.73. The van der Waals surface area contributed by atoms with Gasteiger partial charge in [-0.05, 0) is 46.2 Å². The van der Waals surface area contributed by atoms with E-state index in [1.54, 1.807) is 33.9 Å². The van der Waals surface area contributed by atoms with Gasteiger partial charge in [-0.3, -0.25) is 19.2 Å². The maximum atomic E-state index is 13.2. The van der Waals surface area contributed by atoms with Crippen LogP contribution in [0.2, 0.25) is 0 Å². The van der Waals surface area contributed by atoms with Crippen LogP contribution in [0.15, 0.2) is 48.3 Å². The molecule has 202 valence electrons. The van der Waals surface area contributed by atoms with Crippen molar-refractivity contribution in [3.63, 3.8) is 0 Å². The van der Waals surface area contributed by atoms with Crippen LogP contribution in [-0.4, -0.2) is 79.0 Å². The number of nitrogens with one attached hydrogen (secondary N) is 3. The Morgan fingerprint density at radius 1 is 1.21 bits per heavy atom. The summed E-state index contributed by atoms with van der Waals surface area (Å²) in [6.07, 6.45) is 12.8. The molecule has 1 saturated heterocycles. The van der Waals surface area contributed by atoms with E-state index in [1.165, 1.54) is 24.2 Å². The summed E-state index contributed by atoms with van der Waals surface area (Å²) < 4.78 is 3.35. The molecular weight excluding hydrogens is 504 g/mol. The van der Waals surface area contributed by atoms with Crippen molar-refractivity contribution in [2.24, 2.45) is 0 Å². The number of carbonyl (C=O) groups is 2. The molecule has 2 aliphatic heterocycles. The fourth-order valence-electron chi connectivity index (χ4n) is 4.89. The Morgan fingerprint density at radius 3 is 2.82 bits per heavy atom.